The quantitative estimate of drug-likeness (QED) is 0.673. The van der Waals surface area contributed by atoms with Crippen molar-refractivity contribution in [2.75, 3.05) is 19.6 Å². The molecule has 0 saturated carbocycles. The minimum Gasteiger partial charge on any atom is -0.343 e. The van der Waals surface area contributed by atoms with Crippen molar-refractivity contribution in [2.24, 2.45) is 0 Å². The summed E-state index contributed by atoms with van der Waals surface area (Å²) < 4.78 is 33.6. The average Bonchev–Trinajstić information content (AvgIpc) is 2.79. The molecule has 2 rings (SSSR count). The molecule has 2 aliphatic rings. The smallest absolute Gasteiger partial charge is 0.198 e. The van der Waals surface area contributed by atoms with Crippen LogP contribution in [0.1, 0.15) is 34.1 Å². The summed E-state index contributed by atoms with van der Waals surface area (Å²) in [6, 6.07) is 0. The highest BCUT2D eigenvalue weighted by molar-refractivity contribution is 7.47. The Labute approximate surface area is 115 Å². The average molecular weight is 294 g/mol. The predicted molar refractivity (Wildman–Crippen MR) is 69.4 cm³/mol. The molecule has 19 heavy (non-hydrogen) atoms. The minimum absolute atomic E-state index is 0.0505. The molecule has 0 aromatic rings. The summed E-state index contributed by atoms with van der Waals surface area (Å²) in [6.07, 6.45) is 0.396. The van der Waals surface area contributed by atoms with Gasteiger partial charge in [-0.25, -0.2) is 0 Å². The molecule has 0 amide bonds. The fourth-order valence-corrected chi connectivity index (χ4v) is 3.21. The van der Waals surface area contributed by atoms with E-state index in [1.807, 2.05) is 27.7 Å². The minimum atomic E-state index is -0.995. The van der Waals surface area contributed by atoms with Crippen LogP contribution >= 0.6 is 8.38 Å². The largest absolute Gasteiger partial charge is 0.343 e. The normalized spacial score (nSPS) is 33.0. The number of hydrogen-bond donors (Lipinski definition) is 0. The van der Waals surface area contributed by atoms with E-state index >= 15 is 0 Å². The summed E-state index contributed by atoms with van der Waals surface area (Å²) in [5.41, 5.74) is 0. The first-order valence-corrected chi connectivity index (χ1v) is 8.06. The molecule has 0 aromatic carbocycles. The molecule has 3 atom stereocenters. The van der Waals surface area contributed by atoms with Gasteiger partial charge >= 0.3 is 0 Å². The SMILES string of the molecule is CCOP(COC1CC2OC(C)(C)OC2O1)OCC. The van der Waals surface area contributed by atoms with Crippen molar-refractivity contribution in [3.8, 4) is 0 Å². The zero-order valence-corrected chi connectivity index (χ0v) is 12.9. The van der Waals surface area contributed by atoms with Gasteiger partial charge in [-0.1, -0.05) is 0 Å². The van der Waals surface area contributed by atoms with Crippen LogP contribution in [-0.2, 0) is 28.0 Å². The van der Waals surface area contributed by atoms with E-state index in [1.54, 1.807) is 0 Å². The lowest BCUT2D eigenvalue weighted by atomic mass is 10.3. The van der Waals surface area contributed by atoms with E-state index in [2.05, 4.69) is 0 Å². The molecule has 0 spiro atoms. The van der Waals surface area contributed by atoms with E-state index in [4.69, 9.17) is 28.0 Å². The maximum Gasteiger partial charge on any atom is 0.198 e. The van der Waals surface area contributed by atoms with Gasteiger partial charge in [0.2, 0.25) is 0 Å². The molecule has 2 heterocycles. The van der Waals surface area contributed by atoms with Gasteiger partial charge in [0.25, 0.3) is 0 Å². The van der Waals surface area contributed by atoms with Crippen molar-refractivity contribution in [2.45, 2.75) is 58.6 Å². The zero-order chi connectivity index (χ0) is 13.9. The summed E-state index contributed by atoms with van der Waals surface area (Å²) >= 11 is 0. The third-order valence-corrected chi connectivity index (χ3v) is 4.21. The summed E-state index contributed by atoms with van der Waals surface area (Å²) in [6.45, 7) is 8.88. The van der Waals surface area contributed by atoms with Gasteiger partial charge in [0.1, 0.15) is 12.5 Å². The predicted octanol–water partition coefficient (Wildman–Crippen LogP) is 2.57. The third-order valence-electron chi connectivity index (χ3n) is 2.76. The van der Waals surface area contributed by atoms with Gasteiger partial charge < -0.3 is 28.0 Å². The van der Waals surface area contributed by atoms with Crippen LogP contribution in [0.5, 0.6) is 0 Å². The molecule has 2 aliphatic heterocycles. The molecule has 0 aromatic heterocycles. The molecular formula is C12H23O6P. The lowest BCUT2D eigenvalue weighted by Gasteiger charge is -2.22. The van der Waals surface area contributed by atoms with E-state index in [9.17, 15) is 0 Å². The molecule has 7 heteroatoms. The second-order valence-electron chi connectivity index (χ2n) is 4.81. The van der Waals surface area contributed by atoms with Gasteiger partial charge in [0, 0.05) is 6.42 Å². The van der Waals surface area contributed by atoms with Gasteiger partial charge in [-0.05, 0) is 27.7 Å². The maximum atomic E-state index is 5.72. The standard InChI is InChI=1S/C12H23O6P/c1-5-14-19(15-6-2)8-13-10-7-9-11(16-10)18-12(3,4)17-9/h9-11H,5-8H2,1-4H3. The Hall–Kier alpha value is 0.190. The lowest BCUT2D eigenvalue weighted by Crippen LogP contribution is -2.25. The Morgan fingerprint density at radius 3 is 2.42 bits per heavy atom. The lowest BCUT2D eigenvalue weighted by molar-refractivity contribution is -0.241. The Balaban J connectivity index is 1.71. The van der Waals surface area contributed by atoms with Crippen molar-refractivity contribution in [1.82, 2.24) is 0 Å². The highest BCUT2D eigenvalue weighted by atomic mass is 31.2. The van der Waals surface area contributed by atoms with Gasteiger partial charge in [0.05, 0.1) is 13.2 Å². The molecule has 2 saturated heterocycles. The number of rotatable bonds is 7. The fourth-order valence-electron chi connectivity index (χ4n) is 2.12. The summed E-state index contributed by atoms with van der Waals surface area (Å²) in [7, 11) is -0.995. The third kappa shape index (κ3) is 4.33. The summed E-state index contributed by atoms with van der Waals surface area (Å²) in [4.78, 5) is 0. The zero-order valence-electron chi connectivity index (χ0n) is 12.0. The summed E-state index contributed by atoms with van der Waals surface area (Å²) in [5.74, 6) is -0.566. The Bertz CT molecular complexity index is 265. The first kappa shape index (κ1) is 15.6. The molecule has 0 radical (unpaired) electrons. The van der Waals surface area contributed by atoms with Crippen molar-refractivity contribution in [3.63, 3.8) is 0 Å². The van der Waals surface area contributed by atoms with E-state index < -0.39 is 14.2 Å². The molecular weight excluding hydrogens is 271 g/mol. The number of ether oxygens (including phenoxy) is 4. The molecule has 3 unspecified atom stereocenters. The van der Waals surface area contributed by atoms with Crippen molar-refractivity contribution in [1.29, 1.82) is 0 Å². The number of fused-ring (bicyclic) bond motifs is 1. The molecule has 0 aliphatic carbocycles. The van der Waals surface area contributed by atoms with Crippen LogP contribution < -0.4 is 0 Å². The molecule has 6 nitrogen and oxygen atoms in total. The monoisotopic (exact) mass is 294 g/mol. The van der Waals surface area contributed by atoms with E-state index in [1.165, 1.54) is 0 Å². The molecule has 2 fully saturated rings. The van der Waals surface area contributed by atoms with Crippen LogP contribution in [0.4, 0.5) is 0 Å². The van der Waals surface area contributed by atoms with Crippen LogP contribution in [-0.4, -0.2) is 44.0 Å². The van der Waals surface area contributed by atoms with Gasteiger partial charge in [-0.3, -0.25) is 0 Å². The molecule has 0 bridgehead atoms. The molecule has 112 valence electrons. The fraction of sp³-hybridized carbons (Fsp3) is 1.00. The maximum absolute atomic E-state index is 5.72. The van der Waals surface area contributed by atoms with Crippen LogP contribution in [0.25, 0.3) is 0 Å². The van der Waals surface area contributed by atoms with Crippen molar-refractivity contribution in [3.05, 3.63) is 0 Å². The van der Waals surface area contributed by atoms with Crippen LogP contribution in [0.15, 0.2) is 0 Å². The number of hydrogen-bond acceptors (Lipinski definition) is 6. The van der Waals surface area contributed by atoms with Crippen LogP contribution in [0, 0.1) is 0 Å². The van der Waals surface area contributed by atoms with Crippen molar-refractivity contribution >= 4 is 8.38 Å². The van der Waals surface area contributed by atoms with Crippen molar-refractivity contribution < 1.29 is 28.0 Å². The highest BCUT2D eigenvalue weighted by Gasteiger charge is 2.49. The van der Waals surface area contributed by atoms with E-state index in [0.29, 0.717) is 26.0 Å². The first-order chi connectivity index (χ1) is 9.04. The second-order valence-corrected chi connectivity index (χ2v) is 6.25. The Morgan fingerprint density at radius 1 is 1.16 bits per heavy atom. The van der Waals surface area contributed by atoms with Crippen LogP contribution in [0.3, 0.4) is 0 Å². The topological polar surface area (TPSA) is 55.4 Å². The van der Waals surface area contributed by atoms with Gasteiger partial charge in [-0.2, -0.15) is 0 Å². The Kier molecular flexibility index (Phi) is 5.55. The molecule has 0 N–H and O–H groups in total. The van der Waals surface area contributed by atoms with E-state index in [-0.39, 0.29) is 18.7 Å². The second kappa shape index (κ2) is 6.76. The highest BCUT2D eigenvalue weighted by Crippen LogP contribution is 2.41. The van der Waals surface area contributed by atoms with E-state index in [0.717, 1.165) is 0 Å². The summed E-state index contributed by atoms with van der Waals surface area (Å²) in [5, 5.41) is 0. The first-order valence-electron chi connectivity index (χ1n) is 6.70. The Morgan fingerprint density at radius 2 is 1.84 bits per heavy atom. The van der Waals surface area contributed by atoms with Gasteiger partial charge in [-0.15, -0.1) is 0 Å². The van der Waals surface area contributed by atoms with Crippen LogP contribution in [0.2, 0.25) is 0 Å². The van der Waals surface area contributed by atoms with Gasteiger partial charge in [0.15, 0.2) is 26.7 Å².